The van der Waals surface area contributed by atoms with Gasteiger partial charge in [-0.2, -0.15) is 0 Å². The summed E-state index contributed by atoms with van der Waals surface area (Å²) < 4.78 is 0. The third-order valence-corrected chi connectivity index (χ3v) is 4.38. The average Bonchev–Trinajstić information content (AvgIpc) is 2.44. The Bertz CT molecular complexity index is 700. The molecule has 0 saturated heterocycles. The highest BCUT2D eigenvalue weighted by molar-refractivity contribution is 5.95. The monoisotopic (exact) mass is 265 g/mol. The van der Waals surface area contributed by atoms with Crippen molar-refractivity contribution in [2.24, 2.45) is 0 Å². The largest absolute Gasteiger partial charge is 0.344 e. The number of carbonyl (C=O) groups is 1. The van der Waals surface area contributed by atoms with Crippen molar-refractivity contribution in [3.05, 3.63) is 59.2 Å². The Kier molecular flexibility index (Phi) is 2.72. The van der Waals surface area contributed by atoms with Crippen LogP contribution in [0.4, 0.5) is 11.4 Å². The first-order chi connectivity index (χ1) is 9.43. The van der Waals surface area contributed by atoms with Crippen LogP contribution in [0.5, 0.6) is 0 Å². The van der Waals surface area contributed by atoms with E-state index < -0.39 is 0 Å². The zero-order valence-corrected chi connectivity index (χ0v) is 12.4. The minimum atomic E-state index is -0.0934. The van der Waals surface area contributed by atoms with Crippen LogP contribution in [-0.2, 0) is 5.41 Å². The fourth-order valence-electron chi connectivity index (χ4n) is 3.12. The van der Waals surface area contributed by atoms with Gasteiger partial charge in [-0.1, -0.05) is 32.0 Å². The number of rotatable bonds is 1. The van der Waals surface area contributed by atoms with Crippen molar-refractivity contribution in [1.82, 2.24) is 0 Å². The standard InChI is InChI=1S/C18H19NO/c1-12(20)13-9-10-17-15(11-13)18(2,3)14-7-5-6-8-16(14)19(17)4/h5-11H,1-4H3. The number of benzene rings is 2. The van der Waals surface area contributed by atoms with Crippen LogP contribution in [0.25, 0.3) is 0 Å². The lowest BCUT2D eigenvalue weighted by molar-refractivity contribution is 0.101. The van der Waals surface area contributed by atoms with Crippen molar-refractivity contribution in [3.63, 3.8) is 0 Å². The summed E-state index contributed by atoms with van der Waals surface area (Å²) in [6.45, 7) is 6.07. The minimum absolute atomic E-state index is 0.0934. The maximum Gasteiger partial charge on any atom is 0.159 e. The van der Waals surface area contributed by atoms with Gasteiger partial charge in [0.05, 0.1) is 0 Å². The SMILES string of the molecule is CC(=O)c1ccc2c(c1)C(C)(C)c1ccccc1N2C. The number of Topliss-reactive ketones (excluding diaryl/α,β-unsaturated/α-hetero) is 1. The molecule has 0 atom stereocenters. The maximum atomic E-state index is 11.7. The van der Waals surface area contributed by atoms with Crippen LogP contribution in [0.3, 0.4) is 0 Å². The third kappa shape index (κ3) is 1.68. The van der Waals surface area contributed by atoms with Gasteiger partial charge in [-0.15, -0.1) is 0 Å². The van der Waals surface area contributed by atoms with Gasteiger partial charge in [0.25, 0.3) is 0 Å². The molecule has 0 fully saturated rings. The molecular weight excluding hydrogens is 246 g/mol. The first-order valence-corrected chi connectivity index (χ1v) is 6.91. The number of hydrogen-bond donors (Lipinski definition) is 0. The Morgan fingerprint density at radius 1 is 1.00 bits per heavy atom. The molecule has 0 amide bonds. The molecule has 0 spiro atoms. The summed E-state index contributed by atoms with van der Waals surface area (Å²) in [4.78, 5) is 13.9. The quantitative estimate of drug-likeness (QED) is 0.717. The summed E-state index contributed by atoms with van der Waals surface area (Å²) in [5, 5.41) is 0. The average molecular weight is 265 g/mol. The van der Waals surface area contributed by atoms with Gasteiger partial charge in [-0.05, 0) is 42.3 Å². The molecule has 1 heterocycles. The van der Waals surface area contributed by atoms with Gasteiger partial charge in [0.2, 0.25) is 0 Å². The predicted octanol–water partition coefficient (Wildman–Crippen LogP) is 4.30. The van der Waals surface area contributed by atoms with E-state index >= 15 is 0 Å². The Morgan fingerprint density at radius 3 is 2.35 bits per heavy atom. The van der Waals surface area contributed by atoms with Crippen molar-refractivity contribution in [2.45, 2.75) is 26.2 Å². The lowest BCUT2D eigenvalue weighted by Gasteiger charge is -2.40. The van der Waals surface area contributed by atoms with Crippen molar-refractivity contribution in [1.29, 1.82) is 0 Å². The fraction of sp³-hybridized carbons (Fsp3) is 0.278. The van der Waals surface area contributed by atoms with Gasteiger partial charge in [-0.25, -0.2) is 0 Å². The molecule has 0 unspecified atom stereocenters. The molecule has 2 nitrogen and oxygen atoms in total. The van der Waals surface area contributed by atoms with E-state index in [1.54, 1.807) is 6.92 Å². The zero-order valence-electron chi connectivity index (χ0n) is 12.4. The number of hydrogen-bond acceptors (Lipinski definition) is 2. The van der Waals surface area contributed by atoms with Crippen LogP contribution in [0.15, 0.2) is 42.5 Å². The van der Waals surface area contributed by atoms with E-state index in [1.807, 2.05) is 12.1 Å². The van der Waals surface area contributed by atoms with Crippen LogP contribution >= 0.6 is 0 Å². The van der Waals surface area contributed by atoms with Gasteiger partial charge >= 0.3 is 0 Å². The van der Waals surface area contributed by atoms with E-state index in [4.69, 9.17) is 0 Å². The molecule has 102 valence electrons. The molecule has 20 heavy (non-hydrogen) atoms. The Labute approximate surface area is 120 Å². The maximum absolute atomic E-state index is 11.7. The second kappa shape index (κ2) is 4.20. The molecular formula is C18H19NO. The molecule has 0 bridgehead atoms. The lowest BCUT2D eigenvalue weighted by Crippen LogP contribution is -2.31. The molecule has 3 rings (SSSR count). The lowest BCUT2D eigenvalue weighted by atomic mass is 9.73. The van der Waals surface area contributed by atoms with Crippen molar-refractivity contribution in [2.75, 3.05) is 11.9 Å². The Balaban J connectivity index is 2.29. The van der Waals surface area contributed by atoms with E-state index in [0.29, 0.717) is 0 Å². The van der Waals surface area contributed by atoms with Gasteiger partial charge in [0.1, 0.15) is 0 Å². The van der Waals surface area contributed by atoms with Crippen molar-refractivity contribution in [3.8, 4) is 0 Å². The smallest absolute Gasteiger partial charge is 0.159 e. The van der Waals surface area contributed by atoms with Crippen LogP contribution in [-0.4, -0.2) is 12.8 Å². The minimum Gasteiger partial charge on any atom is -0.344 e. The highest BCUT2D eigenvalue weighted by Gasteiger charge is 2.34. The number of para-hydroxylation sites is 1. The second-order valence-electron chi connectivity index (χ2n) is 5.99. The molecule has 0 saturated carbocycles. The predicted molar refractivity (Wildman–Crippen MR) is 83.1 cm³/mol. The van der Waals surface area contributed by atoms with Gasteiger partial charge in [0.15, 0.2) is 5.78 Å². The zero-order chi connectivity index (χ0) is 14.5. The van der Waals surface area contributed by atoms with Gasteiger partial charge in [0, 0.05) is 29.4 Å². The van der Waals surface area contributed by atoms with E-state index in [0.717, 1.165) is 5.56 Å². The number of carbonyl (C=O) groups excluding carboxylic acids is 1. The van der Waals surface area contributed by atoms with E-state index in [9.17, 15) is 4.79 Å². The first kappa shape index (κ1) is 12.9. The van der Waals surface area contributed by atoms with E-state index in [-0.39, 0.29) is 11.2 Å². The fourth-order valence-corrected chi connectivity index (χ4v) is 3.12. The highest BCUT2D eigenvalue weighted by Crippen LogP contribution is 2.48. The molecule has 0 N–H and O–H groups in total. The molecule has 0 radical (unpaired) electrons. The van der Waals surface area contributed by atoms with E-state index in [2.05, 4.69) is 56.1 Å². The number of ketones is 1. The summed E-state index contributed by atoms with van der Waals surface area (Å²) in [5.41, 5.74) is 5.62. The Morgan fingerprint density at radius 2 is 1.65 bits per heavy atom. The van der Waals surface area contributed by atoms with Crippen LogP contribution in [0, 0.1) is 0 Å². The summed E-state index contributed by atoms with van der Waals surface area (Å²) in [7, 11) is 2.08. The summed E-state index contributed by atoms with van der Waals surface area (Å²) in [6.07, 6.45) is 0. The Hall–Kier alpha value is -2.09. The number of fused-ring (bicyclic) bond motifs is 2. The summed E-state index contributed by atoms with van der Waals surface area (Å²) in [5.74, 6) is 0.116. The molecule has 2 heteroatoms. The van der Waals surface area contributed by atoms with Crippen LogP contribution in [0.2, 0.25) is 0 Å². The normalized spacial score (nSPS) is 15.5. The number of anilines is 2. The molecule has 0 aliphatic carbocycles. The summed E-state index contributed by atoms with van der Waals surface area (Å²) in [6, 6.07) is 14.5. The van der Waals surface area contributed by atoms with Crippen LogP contribution < -0.4 is 4.90 Å². The van der Waals surface area contributed by atoms with Crippen LogP contribution in [0.1, 0.15) is 42.3 Å². The van der Waals surface area contributed by atoms with Crippen molar-refractivity contribution >= 4 is 17.2 Å². The second-order valence-corrected chi connectivity index (χ2v) is 5.99. The summed E-state index contributed by atoms with van der Waals surface area (Å²) >= 11 is 0. The van der Waals surface area contributed by atoms with Gasteiger partial charge < -0.3 is 4.90 Å². The molecule has 1 aliphatic rings. The molecule has 2 aromatic carbocycles. The highest BCUT2D eigenvalue weighted by atomic mass is 16.1. The molecule has 0 aromatic heterocycles. The third-order valence-electron chi connectivity index (χ3n) is 4.38. The van der Waals surface area contributed by atoms with Gasteiger partial charge in [-0.3, -0.25) is 4.79 Å². The van der Waals surface area contributed by atoms with Crippen molar-refractivity contribution < 1.29 is 4.79 Å². The molecule has 1 aliphatic heterocycles. The van der Waals surface area contributed by atoms with E-state index in [1.165, 1.54) is 22.5 Å². The topological polar surface area (TPSA) is 20.3 Å². The molecule has 2 aromatic rings. The first-order valence-electron chi connectivity index (χ1n) is 6.91. The number of nitrogens with zero attached hydrogens (tertiary/aromatic N) is 1.